The first-order valence-electron chi connectivity index (χ1n) is 11.6. The number of hydrogen-bond donors (Lipinski definition) is 2. The Labute approximate surface area is 201 Å². The van der Waals surface area contributed by atoms with E-state index in [1.165, 1.54) is 4.90 Å². The van der Waals surface area contributed by atoms with Gasteiger partial charge in [0.25, 0.3) is 5.91 Å². The Balaban J connectivity index is 1.63. The van der Waals surface area contributed by atoms with E-state index in [1.807, 2.05) is 0 Å². The Kier molecular flexibility index (Phi) is 6.77. The van der Waals surface area contributed by atoms with Gasteiger partial charge in [-0.3, -0.25) is 14.6 Å². The Bertz CT molecular complexity index is 1170. The second kappa shape index (κ2) is 9.77. The first-order chi connectivity index (χ1) is 16.8. The fraction of sp³-hybridized carbons (Fsp3) is 0.458. The second-order valence-corrected chi connectivity index (χ2v) is 8.64. The number of fused-ring (bicyclic) bond motifs is 1. The predicted molar refractivity (Wildman–Crippen MR) is 124 cm³/mol. The lowest BCUT2D eigenvalue weighted by atomic mass is 9.80. The van der Waals surface area contributed by atoms with Gasteiger partial charge in [-0.1, -0.05) is 12.1 Å². The zero-order valence-electron chi connectivity index (χ0n) is 19.5. The number of carboxylic acid groups (broad SMARTS) is 1. The number of nitrogens with two attached hydrogens (primary N) is 1. The number of carbonyl (C=O) groups excluding carboxylic acids is 3. The molecular weight excluding hydrogens is 456 g/mol. The Morgan fingerprint density at radius 2 is 1.74 bits per heavy atom. The highest BCUT2D eigenvalue weighted by Gasteiger charge is 2.48. The number of carboxylic acids is 1. The molecule has 2 aliphatic rings. The molecule has 0 spiro atoms. The molecule has 1 saturated carbocycles. The molecule has 3 N–H and O–H groups in total. The lowest BCUT2D eigenvalue weighted by Gasteiger charge is -2.38. The summed E-state index contributed by atoms with van der Waals surface area (Å²) in [6, 6.07) is 6.86. The van der Waals surface area contributed by atoms with Crippen molar-refractivity contribution in [2.45, 2.75) is 38.2 Å². The van der Waals surface area contributed by atoms with Crippen molar-refractivity contribution >= 4 is 34.8 Å². The molecule has 11 heteroatoms. The van der Waals surface area contributed by atoms with Crippen molar-refractivity contribution in [3.63, 3.8) is 0 Å². The van der Waals surface area contributed by atoms with Gasteiger partial charge < -0.3 is 30.1 Å². The smallest absolute Gasteiger partial charge is 0.409 e. The molecule has 35 heavy (non-hydrogen) atoms. The third-order valence-electron chi connectivity index (χ3n) is 6.49. The van der Waals surface area contributed by atoms with Crippen LogP contribution in [0.3, 0.4) is 0 Å². The van der Waals surface area contributed by atoms with E-state index >= 15 is 0 Å². The number of pyridine rings is 1. The van der Waals surface area contributed by atoms with Crippen molar-refractivity contribution in [1.82, 2.24) is 14.8 Å². The van der Waals surface area contributed by atoms with Crippen molar-refractivity contribution in [1.29, 1.82) is 0 Å². The van der Waals surface area contributed by atoms with Crippen LogP contribution in [0.25, 0.3) is 10.9 Å². The van der Waals surface area contributed by atoms with Gasteiger partial charge in [-0.25, -0.2) is 9.59 Å². The fourth-order valence-corrected chi connectivity index (χ4v) is 4.38. The van der Waals surface area contributed by atoms with Crippen molar-refractivity contribution in [2.75, 3.05) is 32.8 Å². The molecule has 0 unspecified atom stereocenters. The molecule has 1 aliphatic carbocycles. The number of nitrogens with zero attached hydrogens (tertiary/aromatic N) is 3. The van der Waals surface area contributed by atoms with E-state index < -0.39 is 23.6 Å². The number of benzene rings is 1. The molecule has 1 aromatic heterocycles. The van der Waals surface area contributed by atoms with Gasteiger partial charge in [0.05, 0.1) is 24.2 Å². The third kappa shape index (κ3) is 4.71. The molecule has 2 heterocycles. The van der Waals surface area contributed by atoms with Crippen LogP contribution in [-0.2, 0) is 20.7 Å². The number of ether oxygens (including phenoxy) is 2. The van der Waals surface area contributed by atoms with Crippen LogP contribution in [0.1, 0.15) is 42.2 Å². The molecule has 0 atom stereocenters. The van der Waals surface area contributed by atoms with Gasteiger partial charge in [-0.15, -0.1) is 0 Å². The van der Waals surface area contributed by atoms with Gasteiger partial charge >= 0.3 is 12.1 Å². The lowest BCUT2D eigenvalue weighted by Crippen LogP contribution is -2.51. The van der Waals surface area contributed by atoms with E-state index in [-0.39, 0.29) is 35.9 Å². The van der Waals surface area contributed by atoms with Gasteiger partial charge in [0.2, 0.25) is 11.5 Å². The summed E-state index contributed by atoms with van der Waals surface area (Å²) >= 11 is 0. The zero-order chi connectivity index (χ0) is 25.2. The highest BCUT2D eigenvalue weighted by molar-refractivity contribution is 6.04. The first-order valence-corrected chi connectivity index (χ1v) is 11.6. The summed E-state index contributed by atoms with van der Waals surface area (Å²) < 4.78 is 11.0. The summed E-state index contributed by atoms with van der Waals surface area (Å²) in [5.41, 5.74) is 4.76. The summed E-state index contributed by atoms with van der Waals surface area (Å²) in [5.74, 6) is -2.22. The number of amides is 3. The normalized spacial score (nSPS) is 16.9. The van der Waals surface area contributed by atoms with E-state index in [4.69, 9.17) is 15.2 Å². The van der Waals surface area contributed by atoms with Crippen LogP contribution in [0.4, 0.5) is 4.79 Å². The highest BCUT2D eigenvalue weighted by atomic mass is 16.6. The maximum atomic E-state index is 13.1. The van der Waals surface area contributed by atoms with E-state index in [2.05, 4.69) is 4.98 Å². The standard InChI is InChI=1S/C24H28N4O7/c1-2-34-23(33)28-12-10-27(11-13-28)18(29)14-17-19(21(25)30)20(15-6-3-4-7-16(15)26-17)35-24(22(31)32)8-5-9-24/h3-4,6-7H,2,5,8-14H2,1H3,(H2,25,30)(H,31,32). The van der Waals surface area contributed by atoms with Gasteiger partial charge in [-0.05, 0) is 38.3 Å². The van der Waals surface area contributed by atoms with Crippen LogP contribution in [0.2, 0.25) is 0 Å². The van der Waals surface area contributed by atoms with Crippen molar-refractivity contribution in [3.8, 4) is 5.75 Å². The monoisotopic (exact) mass is 484 g/mol. The van der Waals surface area contributed by atoms with Crippen LogP contribution in [-0.4, -0.2) is 82.2 Å². The van der Waals surface area contributed by atoms with Crippen LogP contribution < -0.4 is 10.5 Å². The van der Waals surface area contributed by atoms with Gasteiger partial charge in [-0.2, -0.15) is 0 Å². The minimum atomic E-state index is -1.45. The second-order valence-electron chi connectivity index (χ2n) is 8.64. The molecule has 11 nitrogen and oxygen atoms in total. The number of piperazine rings is 1. The van der Waals surface area contributed by atoms with E-state index in [0.717, 1.165) is 0 Å². The van der Waals surface area contributed by atoms with E-state index in [0.29, 0.717) is 56.3 Å². The van der Waals surface area contributed by atoms with Crippen LogP contribution >= 0.6 is 0 Å². The average Bonchev–Trinajstić information content (AvgIpc) is 2.80. The topological polar surface area (TPSA) is 152 Å². The molecule has 1 saturated heterocycles. The SMILES string of the molecule is CCOC(=O)N1CCN(C(=O)Cc2nc3ccccc3c(OC3(C(=O)O)CCC3)c2C(N)=O)CC1. The lowest BCUT2D eigenvalue weighted by molar-refractivity contribution is -0.163. The minimum absolute atomic E-state index is 0.0418. The number of aromatic nitrogens is 1. The minimum Gasteiger partial charge on any atom is -0.478 e. The maximum Gasteiger partial charge on any atom is 0.409 e. The molecular formula is C24H28N4O7. The highest BCUT2D eigenvalue weighted by Crippen LogP contribution is 2.41. The van der Waals surface area contributed by atoms with E-state index in [1.54, 1.807) is 36.1 Å². The molecule has 3 amide bonds. The number of carbonyl (C=O) groups is 4. The molecule has 2 aromatic rings. The van der Waals surface area contributed by atoms with Crippen LogP contribution in [0, 0.1) is 0 Å². The predicted octanol–water partition coefficient (Wildman–Crippen LogP) is 1.56. The summed E-state index contributed by atoms with van der Waals surface area (Å²) in [7, 11) is 0. The van der Waals surface area contributed by atoms with E-state index in [9.17, 15) is 24.3 Å². The number of primary amides is 1. The fourth-order valence-electron chi connectivity index (χ4n) is 4.38. The van der Waals surface area contributed by atoms with Crippen LogP contribution in [0.15, 0.2) is 24.3 Å². The Morgan fingerprint density at radius 3 is 2.31 bits per heavy atom. The summed E-state index contributed by atoms with van der Waals surface area (Å²) in [6.07, 6.45) is 0.646. The van der Waals surface area contributed by atoms with Gasteiger partial charge in [0.15, 0.2) is 0 Å². The van der Waals surface area contributed by atoms with Crippen LogP contribution in [0.5, 0.6) is 5.75 Å². The number of rotatable bonds is 7. The van der Waals surface area contributed by atoms with Gasteiger partial charge in [0.1, 0.15) is 11.3 Å². The number of aliphatic carboxylic acids is 1. The maximum absolute atomic E-state index is 13.1. The summed E-state index contributed by atoms with van der Waals surface area (Å²) in [6.45, 7) is 3.27. The zero-order valence-corrected chi connectivity index (χ0v) is 19.5. The molecule has 1 aromatic carbocycles. The molecule has 0 radical (unpaired) electrons. The molecule has 1 aliphatic heterocycles. The van der Waals surface area contributed by atoms with Crippen molar-refractivity contribution in [3.05, 3.63) is 35.5 Å². The molecule has 2 fully saturated rings. The quantitative estimate of drug-likeness (QED) is 0.601. The Hall–Kier alpha value is -3.89. The largest absolute Gasteiger partial charge is 0.478 e. The molecule has 186 valence electrons. The average molecular weight is 485 g/mol. The van der Waals surface area contributed by atoms with Gasteiger partial charge in [0, 0.05) is 31.6 Å². The Morgan fingerprint density at radius 1 is 1.09 bits per heavy atom. The first kappa shape index (κ1) is 24.2. The number of para-hydroxylation sites is 1. The summed E-state index contributed by atoms with van der Waals surface area (Å²) in [4.78, 5) is 57.2. The molecule has 4 rings (SSSR count). The third-order valence-corrected chi connectivity index (χ3v) is 6.49. The summed E-state index contributed by atoms with van der Waals surface area (Å²) in [5, 5.41) is 10.2. The molecule has 0 bridgehead atoms. The van der Waals surface area contributed by atoms with Crippen molar-refractivity contribution in [2.24, 2.45) is 5.73 Å². The van der Waals surface area contributed by atoms with Crippen molar-refractivity contribution < 1.29 is 33.8 Å². The number of hydrogen-bond acceptors (Lipinski definition) is 7.